The Morgan fingerprint density at radius 3 is 1.89 bits per heavy atom. The van der Waals surface area contributed by atoms with Crippen LogP contribution in [-0.2, 0) is 0 Å². The first-order chi connectivity index (χ1) is 13.2. The number of urea groups is 1. The summed E-state index contributed by atoms with van der Waals surface area (Å²) in [6.45, 7) is 15.0. The number of benzene rings is 2. The molecule has 1 unspecified atom stereocenters. The number of hydrogen-bond donors (Lipinski definition) is 2. The summed E-state index contributed by atoms with van der Waals surface area (Å²) in [5, 5.41) is 6.08. The van der Waals surface area contributed by atoms with E-state index in [-0.39, 0.29) is 12.1 Å². The van der Waals surface area contributed by atoms with E-state index in [0.29, 0.717) is 18.4 Å². The molecule has 0 bridgehead atoms. The van der Waals surface area contributed by atoms with Crippen LogP contribution in [0.5, 0.6) is 5.75 Å². The lowest BCUT2D eigenvalue weighted by atomic mass is 9.93. The molecule has 4 heteroatoms. The fourth-order valence-electron chi connectivity index (χ4n) is 3.35. The van der Waals surface area contributed by atoms with Crippen LogP contribution >= 0.6 is 0 Å². The third-order valence-electron chi connectivity index (χ3n) is 4.88. The highest BCUT2D eigenvalue weighted by Gasteiger charge is 2.17. The molecule has 0 aliphatic carbocycles. The van der Waals surface area contributed by atoms with E-state index in [1.165, 1.54) is 0 Å². The highest BCUT2D eigenvalue weighted by molar-refractivity contribution is 5.91. The zero-order valence-corrected chi connectivity index (χ0v) is 18.2. The maximum Gasteiger partial charge on any atom is 0.319 e. The Morgan fingerprint density at radius 2 is 1.39 bits per heavy atom. The van der Waals surface area contributed by atoms with Crippen molar-refractivity contribution >= 4 is 11.7 Å². The zero-order chi connectivity index (χ0) is 20.8. The molecule has 2 aromatic carbocycles. The van der Waals surface area contributed by atoms with Crippen molar-refractivity contribution in [3.8, 4) is 5.75 Å². The van der Waals surface area contributed by atoms with Crippen LogP contribution in [0.15, 0.2) is 36.4 Å². The van der Waals surface area contributed by atoms with Crippen molar-refractivity contribution < 1.29 is 9.53 Å². The van der Waals surface area contributed by atoms with E-state index >= 15 is 0 Å². The second-order valence-electron chi connectivity index (χ2n) is 8.15. The zero-order valence-electron chi connectivity index (χ0n) is 18.2. The Labute approximate surface area is 169 Å². The molecule has 0 aliphatic rings. The molecule has 2 rings (SSSR count). The molecule has 0 radical (unpaired) electrons. The topological polar surface area (TPSA) is 50.4 Å². The van der Waals surface area contributed by atoms with Crippen molar-refractivity contribution in [2.45, 2.75) is 66.3 Å². The number of amides is 2. The molecule has 0 saturated carbocycles. The summed E-state index contributed by atoms with van der Waals surface area (Å²) in [6, 6.07) is 12.0. The minimum Gasteiger partial charge on any atom is -0.491 e. The van der Waals surface area contributed by atoms with Crippen LogP contribution in [0.1, 0.15) is 68.7 Å². The number of carbonyl (C=O) groups is 1. The number of ether oxygens (including phenoxy) is 1. The van der Waals surface area contributed by atoms with E-state index in [9.17, 15) is 4.79 Å². The monoisotopic (exact) mass is 382 g/mol. The number of para-hydroxylation sites is 2. The van der Waals surface area contributed by atoms with E-state index < -0.39 is 0 Å². The molecule has 0 spiro atoms. The van der Waals surface area contributed by atoms with Crippen molar-refractivity contribution in [1.29, 1.82) is 0 Å². The number of anilines is 1. The highest BCUT2D eigenvalue weighted by Crippen LogP contribution is 2.32. The van der Waals surface area contributed by atoms with Crippen LogP contribution in [0.4, 0.5) is 10.5 Å². The number of rotatable bonds is 7. The summed E-state index contributed by atoms with van der Waals surface area (Å²) in [4.78, 5) is 12.6. The first kappa shape index (κ1) is 21.8. The molecule has 2 amide bonds. The minimum atomic E-state index is -0.201. The number of hydrogen-bond acceptors (Lipinski definition) is 2. The molecule has 28 heavy (non-hydrogen) atoms. The molecule has 0 aliphatic heterocycles. The number of nitrogens with one attached hydrogen (secondary N) is 2. The lowest BCUT2D eigenvalue weighted by Crippen LogP contribution is -2.40. The summed E-state index contributed by atoms with van der Waals surface area (Å²) >= 11 is 0. The van der Waals surface area contributed by atoms with Crippen LogP contribution < -0.4 is 15.4 Å². The molecule has 0 heterocycles. The van der Waals surface area contributed by atoms with Crippen molar-refractivity contribution in [1.82, 2.24) is 5.32 Å². The molecule has 2 N–H and O–H groups in total. The molecule has 0 aromatic heterocycles. The van der Waals surface area contributed by atoms with Gasteiger partial charge in [-0.05, 0) is 54.9 Å². The second kappa shape index (κ2) is 9.63. The van der Waals surface area contributed by atoms with Gasteiger partial charge in [-0.2, -0.15) is 0 Å². The fraction of sp³-hybridized carbons (Fsp3) is 0.458. The van der Waals surface area contributed by atoms with Crippen molar-refractivity contribution in [3.63, 3.8) is 0 Å². The van der Waals surface area contributed by atoms with Crippen LogP contribution in [0.3, 0.4) is 0 Å². The highest BCUT2D eigenvalue weighted by atomic mass is 16.5. The Hall–Kier alpha value is -2.49. The molecular weight excluding hydrogens is 348 g/mol. The second-order valence-corrected chi connectivity index (χ2v) is 8.15. The predicted molar refractivity (Wildman–Crippen MR) is 118 cm³/mol. The van der Waals surface area contributed by atoms with Gasteiger partial charge >= 0.3 is 6.03 Å². The average molecular weight is 383 g/mol. The standard InChI is InChI=1S/C24H34N2O2/c1-15(2)20-12-9-13-21(16(3)4)22(20)26-24(27)25-19(7)14-28-23-17(5)10-8-11-18(23)6/h8-13,15-16,19H,14H2,1-7H3,(H2,25,26,27). The molecule has 2 aromatic rings. The summed E-state index contributed by atoms with van der Waals surface area (Å²) in [6.07, 6.45) is 0. The molecule has 1 atom stereocenters. The smallest absolute Gasteiger partial charge is 0.319 e. The summed E-state index contributed by atoms with van der Waals surface area (Å²) in [5.41, 5.74) is 5.43. The minimum absolute atomic E-state index is 0.118. The third-order valence-corrected chi connectivity index (χ3v) is 4.88. The van der Waals surface area contributed by atoms with Gasteiger partial charge in [0.2, 0.25) is 0 Å². The Balaban J connectivity index is 2.04. The molecular formula is C24H34N2O2. The normalized spacial score (nSPS) is 12.2. The van der Waals surface area contributed by atoms with Crippen LogP contribution in [0, 0.1) is 13.8 Å². The van der Waals surface area contributed by atoms with Crippen LogP contribution in [0.25, 0.3) is 0 Å². The summed E-state index contributed by atoms with van der Waals surface area (Å²) in [7, 11) is 0. The van der Waals surface area contributed by atoms with E-state index in [4.69, 9.17) is 4.74 Å². The van der Waals surface area contributed by atoms with Gasteiger partial charge in [-0.15, -0.1) is 0 Å². The summed E-state index contributed by atoms with van der Waals surface area (Å²) < 4.78 is 5.96. The lowest BCUT2D eigenvalue weighted by Gasteiger charge is -2.22. The molecule has 4 nitrogen and oxygen atoms in total. The Kier molecular flexibility index (Phi) is 7.50. The van der Waals surface area contributed by atoms with Crippen LogP contribution in [-0.4, -0.2) is 18.7 Å². The molecule has 0 fully saturated rings. The van der Waals surface area contributed by atoms with Gasteiger partial charge in [0.05, 0.1) is 6.04 Å². The van der Waals surface area contributed by atoms with Gasteiger partial charge in [0.15, 0.2) is 0 Å². The maximum absolute atomic E-state index is 12.6. The van der Waals surface area contributed by atoms with Gasteiger partial charge in [-0.25, -0.2) is 4.79 Å². The average Bonchev–Trinajstić information content (AvgIpc) is 2.60. The van der Waals surface area contributed by atoms with E-state index in [0.717, 1.165) is 33.7 Å². The largest absolute Gasteiger partial charge is 0.491 e. The number of carbonyl (C=O) groups excluding carboxylic acids is 1. The quantitative estimate of drug-likeness (QED) is 0.604. The van der Waals surface area contributed by atoms with Crippen molar-refractivity contribution in [2.24, 2.45) is 0 Å². The Morgan fingerprint density at radius 1 is 0.893 bits per heavy atom. The van der Waals surface area contributed by atoms with Gasteiger partial charge in [0.25, 0.3) is 0 Å². The molecule has 0 saturated heterocycles. The summed E-state index contributed by atoms with van der Waals surface area (Å²) in [5.74, 6) is 1.56. The maximum atomic E-state index is 12.6. The lowest BCUT2D eigenvalue weighted by molar-refractivity contribution is 0.236. The van der Waals surface area contributed by atoms with E-state index in [2.05, 4.69) is 56.5 Å². The fourth-order valence-corrected chi connectivity index (χ4v) is 3.35. The van der Waals surface area contributed by atoms with Crippen molar-refractivity contribution in [2.75, 3.05) is 11.9 Å². The third kappa shape index (κ3) is 5.51. The first-order valence-corrected chi connectivity index (χ1v) is 10.1. The van der Waals surface area contributed by atoms with Crippen LogP contribution in [0.2, 0.25) is 0 Å². The van der Waals surface area contributed by atoms with Gasteiger partial charge < -0.3 is 15.4 Å². The van der Waals surface area contributed by atoms with E-state index in [1.807, 2.05) is 39.0 Å². The van der Waals surface area contributed by atoms with Gasteiger partial charge in [0.1, 0.15) is 12.4 Å². The van der Waals surface area contributed by atoms with Crippen molar-refractivity contribution in [3.05, 3.63) is 58.7 Å². The number of aryl methyl sites for hydroxylation is 2. The SMILES string of the molecule is Cc1cccc(C)c1OCC(C)NC(=O)Nc1c(C(C)C)cccc1C(C)C. The van der Waals surface area contributed by atoms with E-state index in [1.54, 1.807) is 0 Å². The predicted octanol–water partition coefficient (Wildman–Crippen LogP) is 6.14. The first-order valence-electron chi connectivity index (χ1n) is 10.1. The Bertz CT molecular complexity index is 766. The molecule has 152 valence electrons. The van der Waals surface area contributed by atoms with Gasteiger partial charge in [0, 0.05) is 5.69 Å². The van der Waals surface area contributed by atoms with Gasteiger partial charge in [-0.1, -0.05) is 64.1 Å². The van der Waals surface area contributed by atoms with Gasteiger partial charge in [-0.3, -0.25) is 0 Å².